The fourth-order valence-electron chi connectivity index (χ4n) is 3.54. The Bertz CT molecular complexity index is 1400. The lowest BCUT2D eigenvalue weighted by Gasteiger charge is -2.12. The Labute approximate surface area is 184 Å². The summed E-state index contributed by atoms with van der Waals surface area (Å²) in [4.78, 5) is 22.7. The number of fused-ring (bicyclic) bond motifs is 1. The molecule has 2 aromatic carbocycles. The first-order valence-electron chi connectivity index (χ1n) is 10.4. The molecule has 0 saturated heterocycles. The van der Waals surface area contributed by atoms with Gasteiger partial charge in [-0.25, -0.2) is 9.97 Å². The minimum Gasteiger partial charge on any atom is -0.463 e. The van der Waals surface area contributed by atoms with Crippen LogP contribution in [0.2, 0.25) is 0 Å². The summed E-state index contributed by atoms with van der Waals surface area (Å²) < 4.78 is 5.51. The third-order valence-electron chi connectivity index (χ3n) is 5.20. The highest BCUT2D eigenvalue weighted by atomic mass is 16.3. The second-order valence-corrected chi connectivity index (χ2v) is 7.75. The van der Waals surface area contributed by atoms with Crippen LogP contribution in [0, 0.1) is 0 Å². The van der Waals surface area contributed by atoms with E-state index in [0.29, 0.717) is 28.5 Å². The van der Waals surface area contributed by atoms with Crippen LogP contribution in [-0.4, -0.2) is 26.1 Å². The quantitative estimate of drug-likeness (QED) is 0.380. The Kier molecular flexibility index (Phi) is 4.99. The second kappa shape index (κ2) is 8.11. The van der Waals surface area contributed by atoms with Crippen molar-refractivity contribution in [3.63, 3.8) is 0 Å². The molecule has 3 heterocycles. The summed E-state index contributed by atoms with van der Waals surface area (Å²) in [7, 11) is 0. The summed E-state index contributed by atoms with van der Waals surface area (Å²) in [5.41, 5.74) is 3.20. The molecule has 158 valence electrons. The van der Waals surface area contributed by atoms with Crippen LogP contribution in [0.25, 0.3) is 33.7 Å². The number of nitrogens with zero attached hydrogens (tertiary/aromatic N) is 3. The normalized spacial score (nSPS) is 11.2. The summed E-state index contributed by atoms with van der Waals surface area (Å²) in [5.74, 6) is 1.92. The highest BCUT2D eigenvalue weighted by Crippen LogP contribution is 2.29. The van der Waals surface area contributed by atoms with E-state index in [0.717, 1.165) is 22.3 Å². The molecule has 0 aliphatic carbocycles. The number of rotatable bonds is 5. The zero-order chi connectivity index (χ0) is 22.1. The smallest absolute Gasteiger partial charge is 0.256 e. The average Bonchev–Trinajstić information content (AvgIpc) is 3.51. The number of amides is 1. The van der Waals surface area contributed by atoms with Gasteiger partial charge in [0.25, 0.3) is 5.91 Å². The highest BCUT2D eigenvalue weighted by Gasteiger charge is 2.18. The van der Waals surface area contributed by atoms with Gasteiger partial charge in [-0.1, -0.05) is 44.2 Å². The molecule has 5 rings (SSSR count). The van der Waals surface area contributed by atoms with Crippen molar-refractivity contribution in [3.05, 3.63) is 84.4 Å². The number of nitrogens with one attached hydrogen (secondary N) is 2. The SMILES string of the molecule is CC(C)c1nc(-c2ccccc2NC(=O)c2cc(-c3ccco3)nc3ccccc23)n[nH]1. The van der Waals surface area contributed by atoms with Crippen molar-refractivity contribution in [2.24, 2.45) is 0 Å². The Hall–Kier alpha value is -4.26. The van der Waals surface area contributed by atoms with Crippen molar-refractivity contribution < 1.29 is 9.21 Å². The number of H-pyrrole nitrogens is 1. The Morgan fingerprint density at radius 3 is 2.59 bits per heavy atom. The first-order valence-corrected chi connectivity index (χ1v) is 10.4. The molecule has 0 unspecified atom stereocenters. The summed E-state index contributed by atoms with van der Waals surface area (Å²) >= 11 is 0. The number of furan rings is 1. The second-order valence-electron chi connectivity index (χ2n) is 7.75. The highest BCUT2D eigenvalue weighted by molar-refractivity contribution is 6.14. The zero-order valence-corrected chi connectivity index (χ0v) is 17.7. The minimum absolute atomic E-state index is 0.223. The van der Waals surface area contributed by atoms with E-state index < -0.39 is 0 Å². The molecule has 5 aromatic rings. The van der Waals surface area contributed by atoms with Gasteiger partial charge in [-0.05, 0) is 36.4 Å². The molecule has 0 spiro atoms. The Balaban J connectivity index is 1.55. The first-order chi connectivity index (χ1) is 15.6. The first kappa shape index (κ1) is 19.7. The van der Waals surface area contributed by atoms with Gasteiger partial charge in [-0.3, -0.25) is 9.89 Å². The number of aromatic nitrogens is 4. The lowest BCUT2D eigenvalue weighted by Crippen LogP contribution is -2.14. The van der Waals surface area contributed by atoms with Crippen molar-refractivity contribution >= 4 is 22.5 Å². The van der Waals surface area contributed by atoms with E-state index in [4.69, 9.17) is 4.42 Å². The van der Waals surface area contributed by atoms with Gasteiger partial charge in [0.2, 0.25) is 0 Å². The topological polar surface area (TPSA) is 96.7 Å². The molecule has 0 radical (unpaired) electrons. The summed E-state index contributed by atoms with van der Waals surface area (Å²) in [6.45, 7) is 4.09. The number of aromatic amines is 1. The molecule has 2 N–H and O–H groups in total. The van der Waals surface area contributed by atoms with Crippen molar-refractivity contribution in [2.45, 2.75) is 19.8 Å². The molecule has 7 nitrogen and oxygen atoms in total. The van der Waals surface area contributed by atoms with Crippen LogP contribution in [0.15, 0.2) is 77.4 Å². The fraction of sp³-hybridized carbons (Fsp3) is 0.120. The van der Waals surface area contributed by atoms with Crippen molar-refractivity contribution in [2.75, 3.05) is 5.32 Å². The number of para-hydroxylation sites is 2. The number of carbonyl (C=O) groups excluding carboxylic acids is 1. The fourth-order valence-corrected chi connectivity index (χ4v) is 3.54. The third-order valence-corrected chi connectivity index (χ3v) is 5.20. The molecular formula is C25H21N5O2. The van der Waals surface area contributed by atoms with Crippen molar-refractivity contribution in [3.8, 4) is 22.8 Å². The molecule has 0 aliphatic heterocycles. The average molecular weight is 423 g/mol. The van der Waals surface area contributed by atoms with Gasteiger partial charge in [0.15, 0.2) is 11.6 Å². The van der Waals surface area contributed by atoms with E-state index in [1.165, 1.54) is 0 Å². The molecule has 7 heteroatoms. The molecule has 0 fully saturated rings. The lowest BCUT2D eigenvalue weighted by atomic mass is 10.1. The number of pyridine rings is 1. The van der Waals surface area contributed by atoms with Gasteiger partial charge in [0, 0.05) is 16.9 Å². The predicted octanol–water partition coefficient (Wildman–Crippen LogP) is 5.66. The van der Waals surface area contributed by atoms with E-state index in [9.17, 15) is 4.79 Å². The van der Waals surface area contributed by atoms with Crippen LogP contribution in [0.4, 0.5) is 5.69 Å². The third kappa shape index (κ3) is 3.65. The lowest BCUT2D eigenvalue weighted by molar-refractivity contribution is 0.102. The number of hydrogen-bond donors (Lipinski definition) is 2. The maximum atomic E-state index is 13.4. The standard InChI is InChI=1S/C25H21N5O2/c1-15(2)23-28-24(30-29-23)17-9-4-6-11-20(17)27-25(31)18-14-21(22-12-7-13-32-22)26-19-10-5-3-8-16(18)19/h3-15H,1-2H3,(H,27,31)(H,28,29,30). The summed E-state index contributed by atoms with van der Waals surface area (Å²) in [5, 5.41) is 11.1. The number of hydrogen-bond acceptors (Lipinski definition) is 5. The monoisotopic (exact) mass is 423 g/mol. The Morgan fingerprint density at radius 1 is 1.00 bits per heavy atom. The van der Waals surface area contributed by atoms with Gasteiger partial charge in [0.1, 0.15) is 11.5 Å². The molecule has 32 heavy (non-hydrogen) atoms. The summed E-state index contributed by atoms with van der Waals surface area (Å²) in [6, 6.07) is 20.4. The molecule has 1 amide bonds. The molecule has 0 saturated carbocycles. The maximum absolute atomic E-state index is 13.4. The van der Waals surface area contributed by atoms with Gasteiger partial charge in [-0.2, -0.15) is 5.10 Å². The van der Waals surface area contributed by atoms with Gasteiger partial charge >= 0.3 is 0 Å². The van der Waals surface area contributed by atoms with Crippen LogP contribution in [0.3, 0.4) is 0 Å². The minimum atomic E-state index is -0.247. The molecule has 3 aromatic heterocycles. The van der Waals surface area contributed by atoms with E-state index in [2.05, 4.69) is 25.5 Å². The van der Waals surface area contributed by atoms with Crippen LogP contribution >= 0.6 is 0 Å². The zero-order valence-electron chi connectivity index (χ0n) is 17.7. The number of benzene rings is 2. The predicted molar refractivity (Wildman–Crippen MR) is 123 cm³/mol. The molecule has 0 bridgehead atoms. The summed E-state index contributed by atoms with van der Waals surface area (Å²) in [6.07, 6.45) is 1.59. The molecular weight excluding hydrogens is 402 g/mol. The number of anilines is 1. The van der Waals surface area contributed by atoms with Crippen LogP contribution in [-0.2, 0) is 0 Å². The van der Waals surface area contributed by atoms with E-state index >= 15 is 0 Å². The molecule has 0 atom stereocenters. The van der Waals surface area contributed by atoms with E-state index in [-0.39, 0.29) is 11.8 Å². The van der Waals surface area contributed by atoms with E-state index in [1.54, 1.807) is 18.4 Å². The maximum Gasteiger partial charge on any atom is 0.256 e. The van der Waals surface area contributed by atoms with Crippen LogP contribution in [0.1, 0.15) is 35.9 Å². The number of carbonyl (C=O) groups is 1. The largest absolute Gasteiger partial charge is 0.463 e. The van der Waals surface area contributed by atoms with Gasteiger partial charge < -0.3 is 9.73 Å². The molecule has 0 aliphatic rings. The van der Waals surface area contributed by atoms with Crippen molar-refractivity contribution in [1.29, 1.82) is 0 Å². The van der Waals surface area contributed by atoms with Crippen LogP contribution in [0.5, 0.6) is 0 Å². The van der Waals surface area contributed by atoms with Crippen molar-refractivity contribution in [1.82, 2.24) is 20.2 Å². The van der Waals surface area contributed by atoms with Gasteiger partial charge in [-0.15, -0.1) is 0 Å². The van der Waals surface area contributed by atoms with E-state index in [1.807, 2.05) is 68.4 Å². The van der Waals surface area contributed by atoms with Crippen LogP contribution < -0.4 is 5.32 Å². The Morgan fingerprint density at radius 2 is 1.81 bits per heavy atom. The van der Waals surface area contributed by atoms with Gasteiger partial charge in [0.05, 0.1) is 23.0 Å².